The van der Waals surface area contributed by atoms with E-state index in [-0.39, 0.29) is 18.0 Å². The first-order chi connectivity index (χ1) is 9.59. The topological polar surface area (TPSA) is 45.2 Å². The molecule has 0 aliphatic carbocycles. The maximum Gasteiger partial charge on any atom is 0.238 e. The first-order valence-electron chi connectivity index (χ1n) is 7.54. The lowest BCUT2D eigenvalue weighted by atomic mass is 10.0. The van der Waals surface area contributed by atoms with Crippen molar-refractivity contribution in [1.82, 2.24) is 15.2 Å². The Morgan fingerprint density at radius 2 is 2.00 bits per heavy atom. The minimum absolute atomic E-state index is 0.0000491. The number of rotatable bonds is 5. The first kappa shape index (κ1) is 15.0. The molecule has 2 atom stereocenters. The maximum absolute atomic E-state index is 12.6. The lowest BCUT2D eigenvalue weighted by molar-refractivity contribution is -0.128. The number of amides is 1. The van der Waals surface area contributed by atoms with Crippen LogP contribution in [0.1, 0.15) is 45.2 Å². The second-order valence-electron chi connectivity index (χ2n) is 5.95. The molecule has 4 nitrogen and oxygen atoms in total. The highest BCUT2D eigenvalue weighted by atomic mass is 16.2. The fourth-order valence-electron chi connectivity index (χ4n) is 2.92. The fourth-order valence-corrected chi connectivity index (χ4v) is 2.92. The lowest BCUT2D eigenvalue weighted by Gasteiger charge is -2.30. The summed E-state index contributed by atoms with van der Waals surface area (Å²) >= 11 is 0. The van der Waals surface area contributed by atoms with Gasteiger partial charge in [-0.15, -0.1) is 0 Å². The van der Waals surface area contributed by atoms with Gasteiger partial charge >= 0.3 is 0 Å². The van der Waals surface area contributed by atoms with Crippen molar-refractivity contribution in [2.24, 2.45) is 5.92 Å². The summed E-state index contributed by atoms with van der Waals surface area (Å²) in [6.07, 6.45) is 5.97. The van der Waals surface area contributed by atoms with Crippen LogP contribution in [-0.2, 0) is 4.79 Å². The van der Waals surface area contributed by atoms with Crippen LogP contribution in [0.25, 0.3) is 0 Å². The molecule has 1 aromatic rings. The summed E-state index contributed by atoms with van der Waals surface area (Å²) in [5, 5.41) is 3.13. The van der Waals surface area contributed by atoms with Gasteiger partial charge in [0.15, 0.2) is 0 Å². The van der Waals surface area contributed by atoms with Crippen LogP contribution in [0.2, 0.25) is 0 Å². The molecule has 0 radical (unpaired) electrons. The second-order valence-corrected chi connectivity index (χ2v) is 5.95. The number of nitrogens with zero attached hydrogens (tertiary/aromatic N) is 2. The highest BCUT2D eigenvalue weighted by Crippen LogP contribution is 2.19. The number of hydrogen-bond acceptors (Lipinski definition) is 3. The molecule has 0 unspecified atom stereocenters. The van der Waals surface area contributed by atoms with Crippen molar-refractivity contribution in [2.45, 2.75) is 45.7 Å². The van der Waals surface area contributed by atoms with Gasteiger partial charge in [0.05, 0.1) is 12.1 Å². The van der Waals surface area contributed by atoms with E-state index in [1.54, 1.807) is 6.20 Å². The summed E-state index contributed by atoms with van der Waals surface area (Å²) in [7, 11) is 0. The number of hydrogen-bond donors (Lipinski definition) is 1. The SMILES string of the molecule is CC(C)[C@H](C(=O)N[C@@H](C)c1cccnc1)N1CCCC1. The Labute approximate surface area is 121 Å². The van der Waals surface area contributed by atoms with Crippen LogP contribution >= 0.6 is 0 Å². The molecule has 0 spiro atoms. The van der Waals surface area contributed by atoms with Gasteiger partial charge in [0, 0.05) is 12.4 Å². The van der Waals surface area contributed by atoms with Crippen molar-refractivity contribution < 1.29 is 4.79 Å². The molecule has 1 fully saturated rings. The molecule has 1 amide bonds. The molecular formula is C16H25N3O. The van der Waals surface area contributed by atoms with Crippen molar-refractivity contribution in [3.63, 3.8) is 0 Å². The predicted octanol–water partition coefficient (Wildman–Crippen LogP) is 2.38. The monoisotopic (exact) mass is 275 g/mol. The predicted molar refractivity (Wildman–Crippen MR) is 80.2 cm³/mol. The van der Waals surface area contributed by atoms with E-state index in [1.165, 1.54) is 12.8 Å². The van der Waals surface area contributed by atoms with Gasteiger partial charge in [-0.1, -0.05) is 19.9 Å². The largest absolute Gasteiger partial charge is 0.348 e. The molecule has 20 heavy (non-hydrogen) atoms. The van der Waals surface area contributed by atoms with Crippen molar-refractivity contribution >= 4 is 5.91 Å². The molecular weight excluding hydrogens is 250 g/mol. The number of carbonyl (C=O) groups is 1. The standard InChI is InChI=1S/C16H25N3O/c1-12(2)15(19-9-4-5-10-19)16(20)18-13(3)14-7-6-8-17-11-14/h6-8,11-13,15H,4-5,9-10H2,1-3H3,(H,18,20)/t13-,15+/m0/s1. The van der Waals surface area contributed by atoms with E-state index in [9.17, 15) is 4.79 Å². The molecule has 2 rings (SSSR count). The van der Waals surface area contributed by atoms with Crippen LogP contribution in [0.5, 0.6) is 0 Å². The molecule has 1 aromatic heterocycles. The van der Waals surface area contributed by atoms with Crippen LogP contribution < -0.4 is 5.32 Å². The summed E-state index contributed by atoms with van der Waals surface area (Å²) in [4.78, 5) is 19.0. The molecule has 1 aliphatic heterocycles. The first-order valence-corrected chi connectivity index (χ1v) is 7.54. The van der Waals surface area contributed by atoms with E-state index in [1.807, 2.05) is 25.3 Å². The molecule has 0 bridgehead atoms. The normalized spacial score (nSPS) is 19.0. The third kappa shape index (κ3) is 3.57. The molecule has 2 heterocycles. The quantitative estimate of drug-likeness (QED) is 0.897. The van der Waals surface area contributed by atoms with Crippen LogP contribution in [0.3, 0.4) is 0 Å². The smallest absolute Gasteiger partial charge is 0.238 e. The molecule has 0 aromatic carbocycles. The van der Waals surface area contributed by atoms with Gasteiger partial charge in [-0.25, -0.2) is 0 Å². The molecule has 1 N–H and O–H groups in total. The Bertz CT molecular complexity index is 427. The zero-order valence-corrected chi connectivity index (χ0v) is 12.7. The molecule has 110 valence electrons. The Morgan fingerprint density at radius 1 is 1.30 bits per heavy atom. The zero-order valence-electron chi connectivity index (χ0n) is 12.7. The Kier molecular flexibility index (Phi) is 5.12. The average Bonchev–Trinajstić information content (AvgIpc) is 2.93. The highest BCUT2D eigenvalue weighted by Gasteiger charge is 2.31. The van der Waals surface area contributed by atoms with E-state index in [0.29, 0.717) is 5.92 Å². The number of nitrogens with one attached hydrogen (secondary N) is 1. The van der Waals surface area contributed by atoms with Gasteiger partial charge in [-0.3, -0.25) is 14.7 Å². The van der Waals surface area contributed by atoms with Gasteiger partial charge in [0.25, 0.3) is 0 Å². The summed E-state index contributed by atoms with van der Waals surface area (Å²) < 4.78 is 0. The molecule has 1 saturated heterocycles. The van der Waals surface area contributed by atoms with Crippen LogP contribution in [-0.4, -0.2) is 34.9 Å². The van der Waals surface area contributed by atoms with Gasteiger partial charge < -0.3 is 5.32 Å². The van der Waals surface area contributed by atoms with Crippen LogP contribution in [0.4, 0.5) is 0 Å². The summed E-state index contributed by atoms with van der Waals surface area (Å²) in [5.41, 5.74) is 1.05. The van der Waals surface area contributed by atoms with Crippen molar-refractivity contribution in [2.75, 3.05) is 13.1 Å². The summed E-state index contributed by atoms with van der Waals surface area (Å²) in [6.45, 7) is 8.33. The maximum atomic E-state index is 12.6. The van der Waals surface area contributed by atoms with Gasteiger partial charge in [0.2, 0.25) is 5.91 Å². The van der Waals surface area contributed by atoms with Crippen molar-refractivity contribution in [3.05, 3.63) is 30.1 Å². The fraction of sp³-hybridized carbons (Fsp3) is 0.625. The van der Waals surface area contributed by atoms with Gasteiger partial charge in [0.1, 0.15) is 0 Å². The summed E-state index contributed by atoms with van der Waals surface area (Å²) in [5.74, 6) is 0.465. The van der Waals surface area contributed by atoms with Crippen LogP contribution in [0, 0.1) is 5.92 Å². The second kappa shape index (κ2) is 6.84. The molecule has 1 aliphatic rings. The van der Waals surface area contributed by atoms with E-state index < -0.39 is 0 Å². The third-order valence-electron chi connectivity index (χ3n) is 3.98. The average molecular weight is 275 g/mol. The molecule has 0 saturated carbocycles. The van der Waals surface area contributed by atoms with E-state index in [4.69, 9.17) is 0 Å². The summed E-state index contributed by atoms with van der Waals surface area (Å²) in [6, 6.07) is 3.88. The number of pyridine rings is 1. The van der Waals surface area contributed by atoms with Crippen molar-refractivity contribution in [3.8, 4) is 0 Å². The number of likely N-dealkylation sites (tertiary alicyclic amines) is 1. The number of aromatic nitrogens is 1. The lowest BCUT2D eigenvalue weighted by Crippen LogP contribution is -2.49. The Hall–Kier alpha value is -1.42. The highest BCUT2D eigenvalue weighted by molar-refractivity contribution is 5.82. The van der Waals surface area contributed by atoms with Gasteiger partial charge in [-0.05, 0) is 50.4 Å². The van der Waals surface area contributed by atoms with Crippen molar-refractivity contribution in [1.29, 1.82) is 0 Å². The Morgan fingerprint density at radius 3 is 2.55 bits per heavy atom. The third-order valence-corrected chi connectivity index (χ3v) is 3.98. The Balaban J connectivity index is 2.01. The number of carbonyl (C=O) groups excluding carboxylic acids is 1. The van der Waals surface area contributed by atoms with E-state index in [2.05, 4.69) is 29.0 Å². The van der Waals surface area contributed by atoms with Crippen LogP contribution in [0.15, 0.2) is 24.5 Å². The van der Waals surface area contributed by atoms with Gasteiger partial charge in [-0.2, -0.15) is 0 Å². The zero-order chi connectivity index (χ0) is 14.5. The molecule has 4 heteroatoms. The van der Waals surface area contributed by atoms with E-state index >= 15 is 0 Å². The minimum Gasteiger partial charge on any atom is -0.348 e. The minimum atomic E-state index is -0.0170. The van der Waals surface area contributed by atoms with E-state index in [0.717, 1.165) is 18.7 Å².